The number of carbonyl (C=O) groups excluding carboxylic acids is 1. The van der Waals surface area contributed by atoms with Crippen LogP contribution in [0.15, 0.2) is 23.5 Å². The summed E-state index contributed by atoms with van der Waals surface area (Å²) < 4.78 is 5.61. The highest BCUT2D eigenvalue weighted by molar-refractivity contribution is 5.99. The molecule has 0 spiro atoms. The normalized spacial score (nSPS) is 36.3. The minimum Gasteiger partial charge on any atom is -0.490 e. The van der Waals surface area contributed by atoms with E-state index in [0.717, 1.165) is 44.5 Å². The Hall–Kier alpha value is -1.05. The molecule has 0 saturated heterocycles. The third-order valence-electron chi connectivity index (χ3n) is 4.68. The summed E-state index contributed by atoms with van der Waals surface area (Å²) in [6.07, 6.45) is 5.42. The van der Waals surface area contributed by atoms with Gasteiger partial charge in [0, 0.05) is 5.92 Å². The molecule has 0 radical (unpaired) electrons. The van der Waals surface area contributed by atoms with Gasteiger partial charge in [-0.2, -0.15) is 0 Å². The van der Waals surface area contributed by atoms with E-state index in [2.05, 4.69) is 13.5 Å². The standard InChI is InChI=1S/C15H20O2/c1-9(2)10-5-6-11-13(8-10)12-4-3-7-17-15(12)14(11)16/h10-11,13H,1,3-8H2,2H3/t10-,11+,13-/m0/s1. The first-order valence-corrected chi connectivity index (χ1v) is 6.74. The van der Waals surface area contributed by atoms with Crippen LogP contribution in [0.5, 0.6) is 0 Å². The Balaban J connectivity index is 1.88. The van der Waals surface area contributed by atoms with E-state index < -0.39 is 0 Å². The van der Waals surface area contributed by atoms with Gasteiger partial charge in [-0.3, -0.25) is 4.79 Å². The summed E-state index contributed by atoms with van der Waals surface area (Å²) in [6.45, 7) is 6.93. The largest absolute Gasteiger partial charge is 0.490 e. The summed E-state index contributed by atoms with van der Waals surface area (Å²) in [5.74, 6) is 2.35. The van der Waals surface area contributed by atoms with Gasteiger partial charge in [-0.05, 0) is 56.4 Å². The van der Waals surface area contributed by atoms with E-state index in [1.54, 1.807) is 0 Å². The number of allylic oxidation sites excluding steroid dienone is 3. The molecule has 0 unspecified atom stereocenters. The van der Waals surface area contributed by atoms with E-state index in [0.29, 0.717) is 17.6 Å². The van der Waals surface area contributed by atoms with Gasteiger partial charge in [-0.15, -0.1) is 0 Å². The molecule has 2 aliphatic carbocycles. The first kappa shape index (κ1) is 11.1. The van der Waals surface area contributed by atoms with Gasteiger partial charge in [0.05, 0.1) is 6.61 Å². The average molecular weight is 232 g/mol. The van der Waals surface area contributed by atoms with Gasteiger partial charge in [0.25, 0.3) is 0 Å². The van der Waals surface area contributed by atoms with Crippen LogP contribution in [0.4, 0.5) is 0 Å². The van der Waals surface area contributed by atoms with Gasteiger partial charge in [-0.25, -0.2) is 0 Å². The molecule has 0 aromatic rings. The number of ketones is 1. The van der Waals surface area contributed by atoms with E-state index in [4.69, 9.17) is 4.74 Å². The number of carbonyl (C=O) groups is 1. The van der Waals surface area contributed by atoms with Crippen molar-refractivity contribution in [1.82, 2.24) is 0 Å². The van der Waals surface area contributed by atoms with Crippen LogP contribution in [0, 0.1) is 17.8 Å². The highest BCUT2D eigenvalue weighted by Crippen LogP contribution is 2.49. The van der Waals surface area contributed by atoms with E-state index in [-0.39, 0.29) is 5.92 Å². The van der Waals surface area contributed by atoms with E-state index in [1.165, 1.54) is 11.1 Å². The SMILES string of the molecule is C=C(C)[C@H]1CC[C@H]2C(=O)C3=C(CCCO3)[C@H]2C1. The maximum atomic E-state index is 12.2. The summed E-state index contributed by atoms with van der Waals surface area (Å²) in [7, 11) is 0. The molecule has 2 heteroatoms. The quantitative estimate of drug-likeness (QED) is 0.649. The van der Waals surface area contributed by atoms with Crippen molar-refractivity contribution in [1.29, 1.82) is 0 Å². The number of fused-ring (bicyclic) bond motifs is 2. The van der Waals surface area contributed by atoms with Crippen molar-refractivity contribution in [2.45, 2.75) is 39.0 Å². The topological polar surface area (TPSA) is 26.3 Å². The Morgan fingerprint density at radius 1 is 1.35 bits per heavy atom. The monoisotopic (exact) mass is 232 g/mol. The third kappa shape index (κ3) is 1.65. The Bertz CT molecular complexity index is 405. The lowest BCUT2D eigenvalue weighted by Crippen LogP contribution is -2.27. The maximum Gasteiger partial charge on any atom is 0.200 e. The number of hydrogen-bond acceptors (Lipinski definition) is 2. The maximum absolute atomic E-state index is 12.2. The molecular weight excluding hydrogens is 212 g/mol. The minimum atomic E-state index is 0.230. The number of ether oxygens (including phenoxy) is 1. The molecular formula is C15H20O2. The molecule has 1 saturated carbocycles. The highest BCUT2D eigenvalue weighted by atomic mass is 16.5. The molecule has 2 nitrogen and oxygen atoms in total. The van der Waals surface area contributed by atoms with Crippen molar-refractivity contribution in [2.24, 2.45) is 17.8 Å². The van der Waals surface area contributed by atoms with Crippen molar-refractivity contribution in [2.75, 3.05) is 6.61 Å². The summed E-state index contributed by atoms with van der Waals surface area (Å²) in [4.78, 5) is 12.2. The average Bonchev–Trinajstić information content (AvgIpc) is 2.64. The van der Waals surface area contributed by atoms with Gasteiger partial charge in [0.15, 0.2) is 5.76 Å². The molecule has 92 valence electrons. The van der Waals surface area contributed by atoms with Crippen LogP contribution in [0.2, 0.25) is 0 Å². The lowest BCUT2D eigenvalue weighted by molar-refractivity contribution is -0.123. The molecule has 0 aromatic carbocycles. The fourth-order valence-electron chi connectivity index (χ4n) is 3.71. The molecule has 1 aliphatic heterocycles. The van der Waals surface area contributed by atoms with Crippen LogP contribution in [-0.4, -0.2) is 12.4 Å². The Labute approximate surface area is 103 Å². The minimum absolute atomic E-state index is 0.230. The van der Waals surface area contributed by atoms with Crippen molar-refractivity contribution in [3.05, 3.63) is 23.5 Å². The molecule has 0 N–H and O–H groups in total. The van der Waals surface area contributed by atoms with Gasteiger partial charge in [0.1, 0.15) is 0 Å². The Morgan fingerprint density at radius 3 is 2.94 bits per heavy atom. The number of hydrogen-bond donors (Lipinski definition) is 0. The van der Waals surface area contributed by atoms with E-state index >= 15 is 0 Å². The molecule has 1 fully saturated rings. The molecule has 3 rings (SSSR count). The van der Waals surface area contributed by atoms with Crippen LogP contribution in [-0.2, 0) is 9.53 Å². The van der Waals surface area contributed by atoms with E-state index in [1.807, 2.05) is 0 Å². The molecule has 3 aliphatic rings. The molecule has 17 heavy (non-hydrogen) atoms. The zero-order valence-electron chi connectivity index (χ0n) is 10.5. The Morgan fingerprint density at radius 2 is 2.18 bits per heavy atom. The second-order valence-electron chi connectivity index (χ2n) is 5.74. The summed E-state index contributed by atoms with van der Waals surface area (Å²) in [5, 5.41) is 0. The van der Waals surface area contributed by atoms with Crippen LogP contribution < -0.4 is 0 Å². The van der Waals surface area contributed by atoms with E-state index in [9.17, 15) is 4.79 Å². The van der Waals surface area contributed by atoms with Crippen LogP contribution in [0.3, 0.4) is 0 Å². The zero-order valence-corrected chi connectivity index (χ0v) is 10.5. The van der Waals surface area contributed by atoms with Crippen molar-refractivity contribution < 1.29 is 9.53 Å². The lowest BCUT2D eigenvalue weighted by atomic mass is 9.71. The smallest absolute Gasteiger partial charge is 0.200 e. The summed E-state index contributed by atoms with van der Waals surface area (Å²) >= 11 is 0. The number of Topliss-reactive ketones (excluding diaryl/α,β-unsaturated/α-hetero) is 1. The third-order valence-corrected chi connectivity index (χ3v) is 4.68. The molecule has 0 amide bonds. The van der Waals surface area contributed by atoms with Gasteiger partial charge >= 0.3 is 0 Å². The predicted octanol–water partition coefficient (Wildman–Crippen LogP) is 3.24. The summed E-state index contributed by atoms with van der Waals surface area (Å²) in [6, 6.07) is 0. The van der Waals surface area contributed by atoms with Crippen LogP contribution in [0.25, 0.3) is 0 Å². The second kappa shape index (κ2) is 4.01. The molecule has 1 heterocycles. The fourth-order valence-corrected chi connectivity index (χ4v) is 3.71. The van der Waals surface area contributed by atoms with Gasteiger partial charge in [-0.1, -0.05) is 12.2 Å². The Kier molecular flexibility index (Phi) is 2.61. The summed E-state index contributed by atoms with van der Waals surface area (Å²) in [5.41, 5.74) is 2.61. The van der Waals surface area contributed by atoms with Crippen molar-refractivity contribution in [3.8, 4) is 0 Å². The predicted molar refractivity (Wildman–Crippen MR) is 66.4 cm³/mol. The second-order valence-corrected chi connectivity index (χ2v) is 5.74. The highest BCUT2D eigenvalue weighted by Gasteiger charge is 2.46. The van der Waals surface area contributed by atoms with Crippen LogP contribution in [0.1, 0.15) is 39.0 Å². The van der Waals surface area contributed by atoms with Crippen LogP contribution >= 0.6 is 0 Å². The molecule has 3 atom stereocenters. The first-order valence-electron chi connectivity index (χ1n) is 6.74. The zero-order chi connectivity index (χ0) is 12.0. The number of rotatable bonds is 1. The van der Waals surface area contributed by atoms with Crippen molar-refractivity contribution in [3.63, 3.8) is 0 Å². The van der Waals surface area contributed by atoms with Gasteiger partial charge < -0.3 is 4.74 Å². The first-order chi connectivity index (χ1) is 8.18. The molecule has 0 aromatic heterocycles. The lowest BCUT2D eigenvalue weighted by Gasteiger charge is -2.32. The molecule has 0 bridgehead atoms. The van der Waals surface area contributed by atoms with Gasteiger partial charge in [0.2, 0.25) is 5.78 Å². The fraction of sp³-hybridized carbons (Fsp3) is 0.667. The van der Waals surface area contributed by atoms with Crippen molar-refractivity contribution >= 4 is 5.78 Å².